The molecule has 0 fully saturated rings. The van der Waals surface area contributed by atoms with Crippen molar-refractivity contribution in [2.45, 2.75) is 6.54 Å². The summed E-state index contributed by atoms with van der Waals surface area (Å²) in [5.41, 5.74) is 2.31. The van der Waals surface area contributed by atoms with Crippen molar-refractivity contribution in [3.05, 3.63) is 70.7 Å². The highest BCUT2D eigenvalue weighted by atomic mass is 19.1. The van der Waals surface area contributed by atoms with Crippen molar-refractivity contribution >= 4 is 22.2 Å². The molecule has 0 saturated carbocycles. The Morgan fingerprint density at radius 3 is 2.82 bits per heavy atom. The maximum atomic E-state index is 14.2. The van der Waals surface area contributed by atoms with E-state index in [-0.39, 0.29) is 17.6 Å². The molecular formula is C19H14FN7O. The minimum absolute atomic E-state index is 0.183. The molecule has 0 aliphatic carbocycles. The van der Waals surface area contributed by atoms with Crippen molar-refractivity contribution in [1.82, 2.24) is 34.3 Å². The SMILES string of the molecule is Cn1nccc1-c1nc2nccnc2n1Cc1cc(=O)[nH]c2c(F)cccc12. The number of H-pyrrole nitrogens is 1. The molecule has 5 aromatic rings. The zero-order valence-corrected chi connectivity index (χ0v) is 14.8. The fourth-order valence-electron chi connectivity index (χ4n) is 3.41. The summed E-state index contributed by atoms with van der Waals surface area (Å²) >= 11 is 0. The molecule has 1 N–H and O–H groups in total. The smallest absolute Gasteiger partial charge is 0.248 e. The molecule has 0 aliphatic rings. The Balaban J connectivity index is 1.78. The fourth-order valence-corrected chi connectivity index (χ4v) is 3.41. The third-order valence-corrected chi connectivity index (χ3v) is 4.68. The van der Waals surface area contributed by atoms with E-state index in [0.29, 0.717) is 28.1 Å². The van der Waals surface area contributed by atoms with Crippen LogP contribution in [0.5, 0.6) is 0 Å². The second kappa shape index (κ2) is 6.08. The standard InChI is InChI=1S/C19H14FN7O/c1-26-14(5-6-23-26)18-25-17-19(22-8-7-21-17)27(18)10-11-9-15(28)24-16-12(11)3-2-4-13(16)20/h2-9H,10H2,1H3,(H,24,28). The summed E-state index contributed by atoms with van der Waals surface area (Å²) in [7, 11) is 1.82. The number of aromatic amines is 1. The number of hydrogen-bond donors (Lipinski definition) is 1. The number of imidazole rings is 1. The lowest BCUT2D eigenvalue weighted by Crippen LogP contribution is -2.12. The van der Waals surface area contributed by atoms with Crippen molar-refractivity contribution in [2.24, 2.45) is 7.05 Å². The number of pyridine rings is 1. The molecular weight excluding hydrogens is 361 g/mol. The molecule has 1 aromatic carbocycles. The van der Waals surface area contributed by atoms with Gasteiger partial charge in [0.05, 0.1) is 12.1 Å². The van der Waals surface area contributed by atoms with Gasteiger partial charge in [0.25, 0.3) is 0 Å². The first-order chi connectivity index (χ1) is 13.6. The molecule has 0 bridgehead atoms. The molecule has 0 atom stereocenters. The third-order valence-electron chi connectivity index (χ3n) is 4.68. The summed E-state index contributed by atoms with van der Waals surface area (Å²) in [5, 5.41) is 4.83. The van der Waals surface area contributed by atoms with Gasteiger partial charge in [-0.3, -0.25) is 9.48 Å². The normalized spacial score (nSPS) is 11.5. The van der Waals surface area contributed by atoms with Gasteiger partial charge in [-0.25, -0.2) is 19.3 Å². The lowest BCUT2D eigenvalue weighted by Gasteiger charge is -2.11. The summed E-state index contributed by atoms with van der Waals surface area (Å²) in [5.74, 6) is 0.143. The van der Waals surface area contributed by atoms with E-state index in [1.807, 2.05) is 17.7 Å². The Morgan fingerprint density at radius 1 is 1.14 bits per heavy atom. The Bertz CT molecular complexity index is 1400. The van der Waals surface area contributed by atoms with Crippen LogP contribution < -0.4 is 5.56 Å². The molecule has 0 amide bonds. The highest BCUT2D eigenvalue weighted by molar-refractivity contribution is 5.83. The van der Waals surface area contributed by atoms with Gasteiger partial charge in [0.15, 0.2) is 17.1 Å². The second-order valence-electron chi connectivity index (χ2n) is 6.39. The van der Waals surface area contributed by atoms with Gasteiger partial charge in [-0.1, -0.05) is 12.1 Å². The van der Waals surface area contributed by atoms with Gasteiger partial charge in [0.1, 0.15) is 11.5 Å². The lowest BCUT2D eigenvalue weighted by atomic mass is 10.1. The van der Waals surface area contributed by atoms with Crippen molar-refractivity contribution < 1.29 is 4.39 Å². The molecule has 0 unspecified atom stereocenters. The van der Waals surface area contributed by atoms with E-state index in [0.717, 1.165) is 5.69 Å². The summed E-state index contributed by atoms with van der Waals surface area (Å²) in [4.78, 5) is 28.0. The average molecular weight is 375 g/mol. The zero-order valence-electron chi connectivity index (χ0n) is 14.8. The lowest BCUT2D eigenvalue weighted by molar-refractivity contribution is 0.636. The Kier molecular flexibility index (Phi) is 3.54. The van der Waals surface area contributed by atoms with E-state index >= 15 is 0 Å². The molecule has 4 heterocycles. The number of rotatable bonds is 3. The van der Waals surface area contributed by atoms with Gasteiger partial charge in [0.2, 0.25) is 5.56 Å². The molecule has 138 valence electrons. The highest BCUT2D eigenvalue weighted by Crippen LogP contribution is 2.25. The van der Waals surface area contributed by atoms with Crippen LogP contribution in [0, 0.1) is 5.82 Å². The predicted octanol–water partition coefficient (Wildman–Crippen LogP) is 2.26. The number of aromatic nitrogens is 7. The zero-order chi connectivity index (χ0) is 19.3. The van der Waals surface area contributed by atoms with E-state index in [4.69, 9.17) is 0 Å². The minimum Gasteiger partial charge on any atom is -0.319 e. The van der Waals surface area contributed by atoms with Crippen LogP contribution in [0.15, 0.2) is 53.7 Å². The van der Waals surface area contributed by atoms with Gasteiger partial charge >= 0.3 is 0 Å². The number of nitrogens with zero attached hydrogens (tertiary/aromatic N) is 6. The van der Waals surface area contributed by atoms with Crippen LogP contribution >= 0.6 is 0 Å². The Morgan fingerprint density at radius 2 is 2.00 bits per heavy atom. The van der Waals surface area contributed by atoms with E-state index in [1.165, 1.54) is 12.1 Å². The number of benzene rings is 1. The Labute approximate surface area is 157 Å². The van der Waals surface area contributed by atoms with Crippen LogP contribution in [0.1, 0.15) is 5.56 Å². The summed E-state index contributed by atoms with van der Waals surface area (Å²) in [6, 6.07) is 8.02. The van der Waals surface area contributed by atoms with Gasteiger partial charge < -0.3 is 9.55 Å². The van der Waals surface area contributed by atoms with Crippen molar-refractivity contribution in [2.75, 3.05) is 0 Å². The van der Waals surface area contributed by atoms with E-state index in [1.54, 1.807) is 35.4 Å². The number of hydrogen-bond acceptors (Lipinski definition) is 5. The first-order valence-corrected chi connectivity index (χ1v) is 8.58. The molecule has 0 radical (unpaired) electrons. The first kappa shape index (κ1) is 16.3. The maximum Gasteiger partial charge on any atom is 0.248 e. The predicted molar refractivity (Wildman–Crippen MR) is 101 cm³/mol. The molecule has 5 rings (SSSR count). The maximum absolute atomic E-state index is 14.2. The van der Waals surface area contributed by atoms with Gasteiger partial charge in [-0.15, -0.1) is 0 Å². The topological polar surface area (TPSA) is 94.3 Å². The monoisotopic (exact) mass is 375 g/mol. The largest absolute Gasteiger partial charge is 0.319 e. The van der Waals surface area contributed by atoms with Gasteiger partial charge in [0, 0.05) is 37.1 Å². The summed E-state index contributed by atoms with van der Waals surface area (Å²) in [6.07, 6.45) is 4.84. The molecule has 0 aliphatic heterocycles. The Hall–Kier alpha value is -3.88. The van der Waals surface area contributed by atoms with Crippen molar-refractivity contribution in [1.29, 1.82) is 0 Å². The van der Waals surface area contributed by atoms with Crippen LogP contribution in [0.2, 0.25) is 0 Å². The van der Waals surface area contributed by atoms with Gasteiger partial charge in [-0.05, 0) is 17.7 Å². The molecule has 28 heavy (non-hydrogen) atoms. The summed E-state index contributed by atoms with van der Waals surface area (Å²) in [6.45, 7) is 0.277. The quantitative estimate of drug-likeness (QED) is 0.522. The van der Waals surface area contributed by atoms with Crippen molar-refractivity contribution in [3.8, 4) is 11.5 Å². The van der Waals surface area contributed by atoms with Crippen LogP contribution in [0.25, 0.3) is 33.7 Å². The fraction of sp³-hybridized carbons (Fsp3) is 0.105. The number of fused-ring (bicyclic) bond motifs is 2. The van der Waals surface area contributed by atoms with Crippen LogP contribution in [0.3, 0.4) is 0 Å². The van der Waals surface area contributed by atoms with Crippen LogP contribution in [0.4, 0.5) is 4.39 Å². The third kappa shape index (κ3) is 2.48. The molecule has 4 aromatic heterocycles. The number of aryl methyl sites for hydroxylation is 1. The summed E-state index contributed by atoms with van der Waals surface area (Å²) < 4.78 is 17.8. The van der Waals surface area contributed by atoms with Crippen molar-refractivity contribution in [3.63, 3.8) is 0 Å². The number of nitrogens with one attached hydrogen (secondary N) is 1. The molecule has 8 nitrogen and oxygen atoms in total. The first-order valence-electron chi connectivity index (χ1n) is 8.58. The van der Waals surface area contributed by atoms with E-state index in [2.05, 4.69) is 25.0 Å². The average Bonchev–Trinajstić information content (AvgIpc) is 3.26. The van der Waals surface area contributed by atoms with Crippen LogP contribution in [-0.2, 0) is 13.6 Å². The molecule has 9 heteroatoms. The van der Waals surface area contributed by atoms with Gasteiger partial charge in [-0.2, -0.15) is 5.10 Å². The van der Waals surface area contributed by atoms with E-state index < -0.39 is 5.82 Å². The molecule has 0 saturated heterocycles. The van der Waals surface area contributed by atoms with Crippen LogP contribution in [-0.4, -0.2) is 34.3 Å². The van der Waals surface area contributed by atoms with E-state index in [9.17, 15) is 9.18 Å². The number of halogens is 1. The minimum atomic E-state index is -0.474. The highest BCUT2D eigenvalue weighted by Gasteiger charge is 2.18. The number of para-hydroxylation sites is 1. The second-order valence-corrected chi connectivity index (χ2v) is 6.39. The molecule has 0 spiro atoms.